The summed E-state index contributed by atoms with van der Waals surface area (Å²) in [5.74, 6) is 0.111. The van der Waals surface area contributed by atoms with Crippen LogP contribution in [0.5, 0.6) is 0 Å². The fourth-order valence-corrected chi connectivity index (χ4v) is 2.37. The van der Waals surface area contributed by atoms with Gasteiger partial charge in [-0.05, 0) is 43.2 Å². The maximum absolute atomic E-state index is 12.6. The van der Waals surface area contributed by atoms with E-state index < -0.39 is 0 Å². The SMILES string of the molecule is CCC(NC(C)c1ccccc1)C(=O)c1ccc(N)cc1. The summed E-state index contributed by atoms with van der Waals surface area (Å²) >= 11 is 0. The number of ketones is 1. The van der Waals surface area contributed by atoms with Gasteiger partial charge in [-0.15, -0.1) is 0 Å². The van der Waals surface area contributed by atoms with E-state index >= 15 is 0 Å². The van der Waals surface area contributed by atoms with Crippen molar-refractivity contribution in [1.29, 1.82) is 0 Å². The standard InChI is InChI=1S/C18H22N2O/c1-3-17(18(21)15-9-11-16(19)12-10-15)20-13(2)14-7-5-4-6-8-14/h4-13,17,20H,3,19H2,1-2H3. The molecule has 2 rings (SSSR count). The van der Waals surface area contributed by atoms with Crippen LogP contribution in [-0.2, 0) is 0 Å². The van der Waals surface area contributed by atoms with Crippen LogP contribution in [0.25, 0.3) is 0 Å². The van der Waals surface area contributed by atoms with Gasteiger partial charge in [0.25, 0.3) is 0 Å². The quantitative estimate of drug-likeness (QED) is 0.629. The molecule has 0 heterocycles. The van der Waals surface area contributed by atoms with Crippen molar-refractivity contribution in [2.24, 2.45) is 0 Å². The lowest BCUT2D eigenvalue weighted by atomic mass is 9.99. The Hall–Kier alpha value is -2.13. The van der Waals surface area contributed by atoms with Gasteiger partial charge in [0.05, 0.1) is 6.04 Å². The lowest BCUT2D eigenvalue weighted by Gasteiger charge is -2.21. The molecule has 2 aromatic rings. The Bertz CT molecular complexity index is 578. The molecule has 0 radical (unpaired) electrons. The molecule has 0 aliphatic rings. The van der Waals surface area contributed by atoms with Gasteiger partial charge in [-0.25, -0.2) is 0 Å². The topological polar surface area (TPSA) is 55.1 Å². The number of benzene rings is 2. The molecule has 0 spiro atoms. The molecule has 0 saturated heterocycles. The number of nitrogens with two attached hydrogens (primary N) is 1. The van der Waals surface area contributed by atoms with Crippen LogP contribution in [0.15, 0.2) is 54.6 Å². The Morgan fingerprint density at radius 2 is 1.71 bits per heavy atom. The van der Waals surface area contributed by atoms with Gasteiger partial charge in [-0.2, -0.15) is 0 Å². The fraction of sp³-hybridized carbons (Fsp3) is 0.278. The Balaban J connectivity index is 2.09. The molecule has 0 bridgehead atoms. The summed E-state index contributed by atoms with van der Waals surface area (Å²) in [7, 11) is 0. The average molecular weight is 282 g/mol. The van der Waals surface area contributed by atoms with Gasteiger partial charge >= 0.3 is 0 Å². The van der Waals surface area contributed by atoms with Crippen molar-refractivity contribution < 1.29 is 4.79 Å². The van der Waals surface area contributed by atoms with E-state index in [4.69, 9.17) is 5.73 Å². The number of hydrogen-bond acceptors (Lipinski definition) is 3. The summed E-state index contributed by atoms with van der Waals surface area (Å²) in [6, 6.07) is 17.2. The summed E-state index contributed by atoms with van der Waals surface area (Å²) in [5, 5.41) is 3.42. The molecule has 2 atom stereocenters. The van der Waals surface area contributed by atoms with Crippen molar-refractivity contribution >= 4 is 11.5 Å². The number of anilines is 1. The minimum atomic E-state index is -0.191. The number of Topliss-reactive ketones (excluding diaryl/α,β-unsaturated/α-hetero) is 1. The van der Waals surface area contributed by atoms with Gasteiger partial charge in [0.2, 0.25) is 0 Å². The van der Waals surface area contributed by atoms with Crippen LogP contribution in [0, 0.1) is 0 Å². The van der Waals surface area contributed by atoms with Gasteiger partial charge in [-0.1, -0.05) is 37.3 Å². The summed E-state index contributed by atoms with van der Waals surface area (Å²) < 4.78 is 0. The van der Waals surface area contributed by atoms with Gasteiger partial charge in [0.15, 0.2) is 5.78 Å². The van der Waals surface area contributed by atoms with E-state index in [9.17, 15) is 4.79 Å². The molecule has 0 aliphatic heterocycles. The number of nitrogens with one attached hydrogen (secondary N) is 1. The van der Waals surface area contributed by atoms with E-state index in [0.717, 1.165) is 6.42 Å². The molecule has 2 aromatic carbocycles. The Kier molecular flexibility index (Phi) is 5.12. The first-order valence-corrected chi connectivity index (χ1v) is 7.32. The third-order valence-electron chi connectivity index (χ3n) is 3.67. The van der Waals surface area contributed by atoms with E-state index in [1.807, 2.05) is 25.1 Å². The highest BCUT2D eigenvalue weighted by atomic mass is 16.1. The van der Waals surface area contributed by atoms with Crippen molar-refractivity contribution in [1.82, 2.24) is 5.32 Å². The molecular formula is C18H22N2O. The zero-order valence-corrected chi connectivity index (χ0v) is 12.5. The van der Waals surface area contributed by atoms with Crippen molar-refractivity contribution in [3.05, 3.63) is 65.7 Å². The third-order valence-corrected chi connectivity index (χ3v) is 3.67. The molecule has 2 unspecified atom stereocenters. The predicted octanol–water partition coefficient (Wildman–Crippen LogP) is 3.58. The normalized spacial score (nSPS) is 13.6. The van der Waals surface area contributed by atoms with Crippen molar-refractivity contribution in [3.8, 4) is 0 Å². The number of carbonyl (C=O) groups excluding carboxylic acids is 1. The highest BCUT2D eigenvalue weighted by Crippen LogP contribution is 2.16. The zero-order valence-electron chi connectivity index (χ0n) is 12.5. The Morgan fingerprint density at radius 3 is 2.29 bits per heavy atom. The molecule has 0 fully saturated rings. The van der Waals surface area contributed by atoms with E-state index in [-0.39, 0.29) is 17.9 Å². The number of hydrogen-bond donors (Lipinski definition) is 2. The Morgan fingerprint density at radius 1 is 1.10 bits per heavy atom. The summed E-state index contributed by atoms with van der Waals surface area (Å²) in [6.07, 6.45) is 0.750. The van der Waals surface area contributed by atoms with Crippen LogP contribution in [-0.4, -0.2) is 11.8 Å². The maximum atomic E-state index is 12.6. The average Bonchev–Trinajstić information content (AvgIpc) is 2.53. The van der Waals surface area contributed by atoms with Crippen LogP contribution < -0.4 is 11.1 Å². The van der Waals surface area contributed by atoms with Crippen LogP contribution in [0.2, 0.25) is 0 Å². The monoisotopic (exact) mass is 282 g/mol. The fourth-order valence-electron chi connectivity index (χ4n) is 2.37. The smallest absolute Gasteiger partial charge is 0.179 e. The van der Waals surface area contributed by atoms with Crippen molar-refractivity contribution in [3.63, 3.8) is 0 Å². The zero-order chi connectivity index (χ0) is 15.2. The molecule has 21 heavy (non-hydrogen) atoms. The third kappa shape index (κ3) is 3.92. The second-order valence-electron chi connectivity index (χ2n) is 5.25. The molecule has 0 amide bonds. The minimum Gasteiger partial charge on any atom is -0.399 e. The molecule has 0 aliphatic carbocycles. The van der Waals surface area contributed by atoms with Crippen LogP contribution in [0.1, 0.15) is 42.2 Å². The predicted molar refractivity (Wildman–Crippen MR) is 87.3 cm³/mol. The summed E-state index contributed by atoms with van der Waals surface area (Å²) in [5.41, 5.74) is 8.22. The second-order valence-corrected chi connectivity index (χ2v) is 5.25. The van der Waals surface area contributed by atoms with Crippen LogP contribution in [0.4, 0.5) is 5.69 Å². The first-order chi connectivity index (χ1) is 10.1. The molecule has 3 N–H and O–H groups in total. The first-order valence-electron chi connectivity index (χ1n) is 7.32. The molecule has 0 aromatic heterocycles. The summed E-state index contributed by atoms with van der Waals surface area (Å²) in [6.45, 7) is 4.10. The second kappa shape index (κ2) is 7.04. The van der Waals surface area contributed by atoms with Gasteiger partial charge in [0, 0.05) is 17.3 Å². The van der Waals surface area contributed by atoms with Crippen molar-refractivity contribution in [2.75, 3.05) is 5.73 Å². The number of carbonyl (C=O) groups is 1. The lowest BCUT2D eigenvalue weighted by Crippen LogP contribution is -2.37. The molecular weight excluding hydrogens is 260 g/mol. The molecule has 0 saturated carbocycles. The minimum absolute atomic E-state index is 0.111. The maximum Gasteiger partial charge on any atom is 0.179 e. The highest BCUT2D eigenvalue weighted by Gasteiger charge is 2.20. The highest BCUT2D eigenvalue weighted by molar-refractivity contribution is 6.00. The van der Waals surface area contributed by atoms with Gasteiger partial charge in [-0.3, -0.25) is 4.79 Å². The van der Waals surface area contributed by atoms with Gasteiger partial charge < -0.3 is 11.1 Å². The van der Waals surface area contributed by atoms with Crippen molar-refractivity contribution in [2.45, 2.75) is 32.4 Å². The van der Waals surface area contributed by atoms with E-state index in [0.29, 0.717) is 11.3 Å². The largest absolute Gasteiger partial charge is 0.399 e. The molecule has 110 valence electrons. The van der Waals surface area contributed by atoms with E-state index in [1.165, 1.54) is 5.56 Å². The van der Waals surface area contributed by atoms with Crippen LogP contribution in [0.3, 0.4) is 0 Å². The Labute approximate surface area is 126 Å². The van der Waals surface area contributed by atoms with E-state index in [1.54, 1.807) is 24.3 Å². The van der Waals surface area contributed by atoms with E-state index in [2.05, 4.69) is 24.4 Å². The van der Waals surface area contributed by atoms with Gasteiger partial charge in [0.1, 0.15) is 0 Å². The lowest BCUT2D eigenvalue weighted by molar-refractivity contribution is 0.0934. The molecule has 3 nitrogen and oxygen atoms in total. The van der Waals surface area contributed by atoms with Crippen LogP contribution >= 0.6 is 0 Å². The number of rotatable bonds is 6. The molecule has 3 heteroatoms. The first kappa shape index (κ1) is 15.3. The summed E-state index contributed by atoms with van der Waals surface area (Å²) in [4.78, 5) is 12.6. The number of nitrogen functional groups attached to an aromatic ring is 1.